The van der Waals surface area contributed by atoms with Crippen LogP contribution in [0.1, 0.15) is 44.1 Å². The molecule has 1 aromatic carbocycles. The second kappa shape index (κ2) is 7.19. The second-order valence-electron chi connectivity index (χ2n) is 9.26. The summed E-state index contributed by atoms with van der Waals surface area (Å²) in [4.78, 5) is 22.9. The lowest BCUT2D eigenvalue weighted by Gasteiger charge is -2.42. The lowest BCUT2D eigenvalue weighted by atomic mass is 9.77. The number of methoxy groups -OCH3 is 1. The topological polar surface area (TPSA) is 45.7 Å². The molecule has 3 aliphatic rings. The van der Waals surface area contributed by atoms with E-state index < -0.39 is 0 Å². The average molecular weight is 394 g/mol. The van der Waals surface area contributed by atoms with Gasteiger partial charge in [0.2, 0.25) is 5.91 Å². The number of piperidine rings is 1. The molecular formula is C24H31N3O2. The lowest BCUT2D eigenvalue weighted by Crippen LogP contribution is -2.51. The molecule has 1 spiro atoms. The summed E-state index contributed by atoms with van der Waals surface area (Å²) in [6.07, 6.45) is 7.01. The number of ether oxygens (including phenoxy) is 1. The molecule has 0 unspecified atom stereocenters. The van der Waals surface area contributed by atoms with Gasteiger partial charge in [0.05, 0.1) is 12.5 Å². The van der Waals surface area contributed by atoms with E-state index in [0.717, 1.165) is 73.8 Å². The normalized spacial score (nSPS) is 25.1. The zero-order valence-corrected chi connectivity index (χ0v) is 17.6. The first-order valence-corrected chi connectivity index (χ1v) is 11.1. The van der Waals surface area contributed by atoms with Gasteiger partial charge >= 0.3 is 0 Å². The number of para-hydroxylation sites is 1. The van der Waals surface area contributed by atoms with Gasteiger partial charge in [0.25, 0.3) is 0 Å². The van der Waals surface area contributed by atoms with Gasteiger partial charge in [-0.2, -0.15) is 0 Å². The molecule has 2 aromatic rings. The third-order valence-electron chi connectivity index (χ3n) is 7.42. The highest BCUT2D eigenvalue weighted by atomic mass is 16.5. The van der Waals surface area contributed by atoms with Crippen molar-refractivity contribution in [2.45, 2.75) is 45.4 Å². The highest BCUT2D eigenvalue weighted by Gasteiger charge is 2.49. The first kappa shape index (κ1) is 18.7. The molecule has 1 saturated carbocycles. The third-order valence-corrected chi connectivity index (χ3v) is 7.42. The molecule has 2 saturated heterocycles. The summed E-state index contributed by atoms with van der Waals surface area (Å²) in [5, 5.41) is 1.13. The average Bonchev–Trinajstić information content (AvgIpc) is 3.12. The maximum atomic E-state index is 13.4. The third kappa shape index (κ3) is 3.15. The molecule has 0 radical (unpaired) electrons. The molecule has 5 nitrogen and oxygen atoms in total. The Morgan fingerprint density at radius 2 is 2.07 bits per heavy atom. The summed E-state index contributed by atoms with van der Waals surface area (Å²) in [7, 11) is 1.70. The molecular weight excluding hydrogens is 362 g/mol. The minimum Gasteiger partial charge on any atom is -0.494 e. The number of carbonyl (C=O) groups excluding carboxylic acids is 1. The van der Waals surface area contributed by atoms with Gasteiger partial charge in [-0.1, -0.05) is 18.6 Å². The van der Waals surface area contributed by atoms with E-state index in [0.29, 0.717) is 5.91 Å². The lowest BCUT2D eigenvalue weighted by molar-refractivity contribution is -0.146. The number of aryl methyl sites for hydroxylation is 1. The van der Waals surface area contributed by atoms with Gasteiger partial charge in [-0.15, -0.1) is 0 Å². The van der Waals surface area contributed by atoms with Gasteiger partial charge < -0.3 is 14.5 Å². The van der Waals surface area contributed by atoms with Gasteiger partial charge in [0, 0.05) is 31.6 Å². The Labute approximate surface area is 173 Å². The fourth-order valence-electron chi connectivity index (χ4n) is 5.46. The van der Waals surface area contributed by atoms with Gasteiger partial charge in [-0.05, 0) is 62.6 Å². The molecule has 3 fully saturated rings. The summed E-state index contributed by atoms with van der Waals surface area (Å²) in [5.41, 5.74) is 1.90. The SMILES string of the molecule is COc1cccc2c(C)cc(N3CC[C@@]4(CCCN(CC5CCC5)C4=O)C3)nc12. The molecule has 0 N–H and O–H groups in total. The van der Waals surface area contributed by atoms with E-state index in [1.165, 1.54) is 24.8 Å². The first-order valence-electron chi connectivity index (χ1n) is 11.1. The van der Waals surface area contributed by atoms with Crippen molar-refractivity contribution in [1.82, 2.24) is 9.88 Å². The van der Waals surface area contributed by atoms with Crippen LogP contribution in [0.2, 0.25) is 0 Å². The smallest absolute Gasteiger partial charge is 0.230 e. The van der Waals surface area contributed by atoms with Crippen molar-refractivity contribution in [3.05, 3.63) is 29.8 Å². The van der Waals surface area contributed by atoms with Crippen molar-refractivity contribution >= 4 is 22.6 Å². The molecule has 5 rings (SSSR count). The number of pyridine rings is 1. The van der Waals surface area contributed by atoms with Crippen molar-refractivity contribution in [1.29, 1.82) is 0 Å². The van der Waals surface area contributed by atoms with Crippen LogP contribution in [0.25, 0.3) is 10.9 Å². The van der Waals surface area contributed by atoms with Gasteiger partial charge in [-0.3, -0.25) is 4.79 Å². The maximum absolute atomic E-state index is 13.4. The van der Waals surface area contributed by atoms with Crippen molar-refractivity contribution < 1.29 is 9.53 Å². The standard InChI is InChI=1S/C24H31N3O2/c1-17-14-21(25-22-19(17)8-4-9-20(22)29-2)27-13-11-24(16-27)10-5-12-26(23(24)28)15-18-6-3-7-18/h4,8-9,14,18H,3,5-7,10-13,15-16H2,1-2H3/t24-/m0/s1. The zero-order chi connectivity index (χ0) is 20.0. The molecule has 1 amide bonds. The number of hydrogen-bond acceptors (Lipinski definition) is 4. The Morgan fingerprint density at radius 1 is 1.21 bits per heavy atom. The first-order chi connectivity index (χ1) is 14.1. The Balaban J connectivity index is 1.40. The van der Waals surface area contributed by atoms with Crippen LogP contribution in [-0.4, -0.2) is 49.1 Å². The summed E-state index contributed by atoms with van der Waals surface area (Å²) in [6, 6.07) is 8.24. The molecule has 2 aliphatic heterocycles. The van der Waals surface area contributed by atoms with E-state index in [1.54, 1.807) is 7.11 Å². The van der Waals surface area contributed by atoms with Gasteiger partial charge in [0.15, 0.2) is 0 Å². The van der Waals surface area contributed by atoms with E-state index in [9.17, 15) is 4.79 Å². The van der Waals surface area contributed by atoms with Crippen LogP contribution >= 0.6 is 0 Å². The van der Waals surface area contributed by atoms with Crippen LogP contribution in [0.4, 0.5) is 5.82 Å². The molecule has 1 aromatic heterocycles. The summed E-state index contributed by atoms with van der Waals surface area (Å²) >= 11 is 0. The highest BCUT2D eigenvalue weighted by molar-refractivity contribution is 5.89. The van der Waals surface area contributed by atoms with Crippen LogP contribution in [0.3, 0.4) is 0 Å². The number of amides is 1. The van der Waals surface area contributed by atoms with Crippen molar-refractivity contribution in [3.8, 4) is 5.75 Å². The Hall–Kier alpha value is -2.30. The molecule has 1 atom stereocenters. The molecule has 154 valence electrons. The minimum atomic E-state index is -0.215. The summed E-state index contributed by atoms with van der Waals surface area (Å²) < 4.78 is 5.55. The number of likely N-dealkylation sites (tertiary alicyclic amines) is 1. The largest absolute Gasteiger partial charge is 0.494 e. The predicted molar refractivity (Wildman–Crippen MR) is 115 cm³/mol. The Kier molecular flexibility index (Phi) is 4.64. The fraction of sp³-hybridized carbons (Fsp3) is 0.583. The number of anilines is 1. The number of rotatable bonds is 4. The summed E-state index contributed by atoms with van der Waals surface area (Å²) in [5.74, 6) is 2.92. The van der Waals surface area contributed by atoms with Crippen LogP contribution in [0, 0.1) is 18.3 Å². The van der Waals surface area contributed by atoms with Crippen LogP contribution in [-0.2, 0) is 4.79 Å². The number of hydrogen-bond donors (Lipinski definition) is 0. The van der Waals surface area contributed by atoms with Gasteiger partial charge in [-0.25, -0.2) is 4.98 Å². The molecule has 29 heavy (non-hydrogen) atoms. The number of fused-ring (bicyclic) bond motifs is 1. The van der Waals surface area contributed by atoms with Crippen LogP contribution in [0.5, 0.6) is 5.75 Å². The van der Waals surface area contributed by atoms with Crippen molar-refractivity contribution in [2.24, 2.45) is 11.3 Å². The Morgan fingerprint density at radius 3 is 2.83 bits per heavy atom. The molecule has 1 aliphatic carbocycles. The molecule has 0 bridgehead atoms. The summed E-state index contributed by atoms with van der Waals surface area (Å²) in [6.45, 7) is 5.74. The predicted octanol–water partition coefficient (Wildman–Crippen LogP) is 4.17. The number of nitrogens with zero attached hydrogens (tertiary/aromatic N) is 3. The van der Waals surface area contributed by atoms with Crippen LogP contribution in [0.15, 0.2) is 24.3 Å². The number of benzene rings is 1. The Bertz CT molecular complexity index is 939. The minimum absolute atomic E-state index is 0.215. The van der Waals surface area contributed by atoms with Crippen molar-refractivity contribution in [3.63, 3.8) is 0 Å². The maximum Gasteiger partial charge on any atom is 0.230 e. The fourth-order valence-corrected chi connectivity index (χ4v) is 5.46. The number of aromatic nitrogens is 1. The van der Waals surface area contributed by atoms with E-state index in [4.69, 9.17) is 9.72 Å². The van der Waals surface area contributed by atoms with E-state index in [-0.39, 0.29) is 5.41 Å². The monoisotopic (exact) mass is 393 g/mol. The van der Waals surface area contributed by atoms with Crippen molar-refractivity contribution in [2.75, 3.05) is 38.2 Å². The van der Waals surface area contributed by atoms with Crippen LogP contribution < -0.4 is 9.64 Å². The van der Waals surface area contributed by atoms with E-state index >= 15 is 0 Å². The second-order valence-corrected chi connectivity index (χ2v) is 9.26. The highest BCUT2D eigenvalue weighted by Crippen LogP contribution is 2.43. The number of carbonyl (C=O) groups is 1. The molecule has 3 heterocycles. The van der Waals surface area contributed by atoms with E-state index in [2.05, 4.69) is 28.9 Å². The molecule has 5 heteroatoms. The van der Waals surface area contributed by atoms with Gasteiger partial charge in [0.1, 0.15) is 17.1 Å². The van der Waals surface area contributed by atoms with E-state index in [1.807, 2.05) is 12.1 Å². The zero-order valence-electron chi connectivity index (χ0n) is 17.6. The quantitative estimate of drug-likeness (QED) is 0.782.